The van der Waals surface area contributed by atoms with E-state index < -0.39 is 0 Å². The van der Waals surface area contributed by atoms with Gasteiger partial charge in [0.2, 0.25) is 0 Å². The van der Waals surface area contributed by atoms with Crippen LogP contribution < -0.4 is 10.6 Å². The molecule has 0 bridgehead atoms. The van der Waals surface area contributed by atoms with E-state index in [4.69, 9.17) is 5.73 Å². The van der Waals surface area contributed by atoms with E-state index in [2.05, 4.69) is 29.2 Å². The number of hydrogen-bond acceptors (Lipinski definition) is 2. The van der Waals surface area contributed by atoms with E-state index >= 15 is 0 Å². The first-order valence-electron chi connectivity index (χ1n) is 8.44. The van der Waals surface area contributed by atoms with E-state index in [9.17, 15) is 0 Å². The molecular formula is C18H28N2. The molecule has 2 fully saturated rings. The standard InChI is InChI=1S/C18H28N2/c19-17(14-15-8-2-3-9-15)16-10-4-5-11-18(16)20-12-6-1-7-13-20/h4-5,10-11,15,17H,1-3,6-9,12-14,19H2/t17-/m0/s1. The lowest BCUT2D eigenvalue weighted by molar-refractivity contribution is 0.450. The summed E-state index contributed by atoms with van der Waals surface area (Å²) in [5.74, 6) is 0.861. The average Bonchev–Trinajstić information content (AvgIpc) is 3.01. The molecule has 110 valence electrons. The third-order valence-corrected chi connectivity index (χ3v) is 5.09. The second-order valence-electron chi connectivity index (χ2n) is 6.60. The minimum absolute atomic E-state index is 0.219. The number of hydrogen-bond donors (Lipinski definition) is 1. The lowest BCUT2D eigenvalue weighted by Gasteiger charge is -2.32. The van der Waals surface area contributed by atoms with Crippen LogP contribution in [0.4, 0.5) is 5.69 Å². The summed E-state index contributed by atoms with van der Waals surface area (Å²) < 4.78 is 0. The van der Waals surface area contributed by atoms with Gasteiger partial charge in [0, 0.05) is 24.8 Å². The smallest absolute Gasteiger partial charge is 0.0414 e. The molecule has 0 amide bonds. The predicted octanol–water partition coefficient (Wildman–Crippen LogP) is 4.26. The van der Waals surface area contributed by atoms with E-state index in [0.717, 1.165) is 5.92 Å². The number of piperidine rings is 1. The molecule has 2 nitrogen and oxygen atoms in total. The summed E-state index contributed by atoms with van der Waals surface area (Å²) in [6, 6.07) is 9.06. The van der Waals surface area contributed by atoms with Crippen LogP contribution in [0.3, 0.4) is 0 Å². The summed E-state index contributed by atoms with van der Waals surface area (Å²) in [4.78, 5) is 2.55. The Kier molecular flexibility index (Phi) is 4.62. The maximum Gasteiger partial charge on any atom is 0.0414 e. The Labute approximate surface area is 123 Å². The average molecular weight is 272 g/mol. The summed E-state index contributed by atoms with van der Waals surface area (Å²) in [7, 11) is 0. The molecule has 1 atom stereocenters. The molecule has 2 heteroatoms. The molecule has 0 radical (unpaired) electrons. The van der Waals surface area contributed by atoms with Crippen LogP contribution >= 0.6 is 0 Å². The fraction of sp³-hybridized carbons (Fsp3) is 0.667. The maximum absolute atomic E-state index is 6.56. The molecule has 2 aliphatic rings. The van der Waals surface area contributed by atoms with Crippen molar-refractivity contribution in [2.75, 3.05) is 18.0 Å². The Hall–Kier alpha value is -1.02. The van der Waals surface area contributed by atoms with Gasteiger partial charge in [0.1, 0.15) is 0 Å². The molecule has 1 aromatic rings. The molecule has 0 aromatic heterocycles. The van der Waals surface area contributed by atoms with Gasteiger partial charge >= 0.3 is 0 Å². The van der Waals surface area contributed by atoms with Crippen LogP contribution in [0.1, 0.15) is 63.0 Å². The van der Waals surface area contributed by atoms with Gasteiger partial charge in [-0.2, -0.15) is 0 Å². The second kappa shape index (κ2) is 6.62. The normalized spacial score (nSPS) is 22.1. The number of rotatable bonds is 4. The van der Waals surface area contributed by atoms with Crippen LogP contribution in [-0.4, -0.2) is 13.1 Å². The molecule has 1 saturated heterocycles. The van der Waals surface area contributed by atoms with Crippen molar-refractivity contribution in [2.45, 2.75) is 57.4 Å². The summed E-state index contributed by atoms with van der Waals surface area (Å²) in [6.45, 7) is 2.40. The zero-order valence-electron chi connectivity index (χ0n) is 12.6. The lowest BCUT2D eigenvalue weighted by atomic mass is 9.92. The SMILES string of the molecule is N[C@@H](CC1CCCC1)c1ccccc1N1CCCCC1. The van der Waals surface area contributed by atoms with Gasteiger partial charge in [-0.1, -0.05) is 43.9 Å². The zero-order chi connectivity index (χ0) is 13.8. The van der Waals surface area contributed by atoms with Crippen LogP contribution in [0.2, 0.25) is 0 Å². The third-order valence-electron chi connectivity index (χ3n) is 5.09. The summed E-state index contributed by atoms with van der Waals surface area (Å²) in [6.07, 6.45) is 10.8. The number of nitrogens with two attached hydrogens (primary N) is 1. The minimum atomic E-state index is 0.219. The van der Waals surface area contributed by atoms with Gasteiger partial charge in [-0.05, 0) is 43.2 Å². The van der Waals surface area contributed by atoms with E-state index in [0.29, 0.717) is 0 Å². The molecule has 1 heterocycles. The van der Waals surface area contributed by atoms with Gasteiger partial charge in [0.25, 0.3) is 0 Å². The summed E-state index contributed by atoms with van der Waals surface area (Å²) in [5, 5.41) is 0. The first kappa shape index (κ1) is 13.9. The molecule has 0 spiro atoms. The predicted molar refractivity (Wildman–Crippen MR) is 86.0 cm³/mol. The highest BCUT2D eigenvalue weighted by molar-refractivity contribution is 5.55. The van der Waals surface area contributed by atoms with Crippen LogP contribution in [0.25, 0.3) is 0 Å². The van der Waals surface area contributed by atoms with Crippen LogP contribution in [-0.2, 0) is 0 Å². The minimum Gasteiger partial charge on any atom is -0.371 e. The van der Waals surface area contributed by atoms with E-state index in [1.54, 1.807) is 0 Å². The first-order chi connectivity index (χ1) is 9.84. The Morgan fingerprint density at radius 2 is 1.70 bits per heavy atom. The van der Waals surface area contributed by atoms with Gasteiger partial charge in [-0.25, -0.2) is 0 Å². The van der Waals surface area contributed by atoms with Crippen LogP contribution in [0, 0.1) is 5.92 Å². The number of nitrogens with zero attached hydrogens (tertiary/aromatic N) is 1. The third kappa shape index (κ3) is 3.17. The van der Waals surface area contributed by atoms with Gasteiger partial charge < -0.3 is 10.6 Å². The monoisotopic (exact) mass is 272 g/mol. The van der Waals surface area contributed by atoms with Crippen LogP contribution in [0.15, 0.2) is 24.3 Å². The fourth-order valence-corrected chi connectivity index (χ4v) is 3.96. The second-order valence-corrected chi connectivity index (χ2v) is 6.60. The topological polar surface area (TPSA) is 29.3 Å². The van der Waals surface area contributed by atoms with Crippen molar-refractivity contribution in [3.8, 4) is 0 Å². The fourth-order valence-electron chi connectivity index (χ4n) is 3.96. The van der Waals surface area contributed by atoms with E-state index in [-0.39, 0.29) is 6.04 Å². The van der Waals surface area contributed by atoms with Gasteiger partial charge in [0.15, 0.2) is 0 Å². The number of benzene rings is 1. The van der Waals surface area contributed by atoms with Crippen molar-refractivity contribution in [2.24, 2.45) is 11.7 Å². The molecule has 0 unspecified atom stereocenters. The van der Waals surface area contributed by atoms with Gasteiger partial charge in [0.05, 0.1) is 0 Å². The molecule has 2 N–H and O–H groups in total. The van der Waals surface area contributed by atoms with Crippen molar-refractivity contribution >= 4 is 5.69 Å². The van der Waals surface area contributed by atoms with E-state index in [1.165, 1.54) is 75.7 Å². The Morgan fingerprint density at radius 1 is 1.00 bits per heavy atom. The van der Waals surface area contributed by atoms with Crippen LogP contribution in [0.5, 0.6) is 0 Å². The molecule has 3 rings (SSSR count). The zero-order valence-corrected chi connectivity index (χ0v) is 12.6. The van der Waals surface area contributed by atoms with Crippen molar-refractivity contribution in [3.05, 3.63) is 29.8 Å². The van der Waals surface area contributed by atoms with Crippen molar-refractivity contribution in [1.82, 2.24) is 0 Å². The van der Waals surface area contributed by atoms with Gasteiger partial charge in [-0.15, -0.1) is 0 Å². The summed E-state index contributed by atoms with van der Waals surface area (Å²) in [5.41, 5.74) is 9.33. The maximum atomic E-state index is 6.56. The lowest BCUT2D eigenvalue weighted by Crippen LogP contribution is -2.31. The summed E-state index contributed by atoms with van der Waals surface area (Å²) >= 11 is 0. The molecule has 1 aliphatic carbocycles. The highest BCUT2D eigenvalue weighted by Crippen LogP contribution is 2.35. The Morgan fingerprint density at radius 3 is 2.45 bits per heavy atom. The molecule has 1 saturated carbocycles. The molecular weight excluding hydrogens is 244 g/mol. The van der Waals surface area contributed by atoms with Crippen molar-refractivity contribution < 1.29 is 0 Å². The van der Waals surface area contributed by atoms with Crippen molar-refractivity contribution in [3.63, 3.8) is 0 Å². The molecule has 20 heavy (non-hydrogen) atoms. The van der Waals surface area contributed by atoms with Crippen molar-refractivity contribution in [1.29, 1.82) is 0 Å². The quantitative estimate of drug-likeness (QED) is 0.887. The van der Waals surface area contributed by atoms with E-state index in [1.807, 2.05) is 0 Å². The Bertz CT molecular complexity index is 417. The molecule has 1 aliphatic heterocycles. The first-order valence-corrected chi connectivity index (χ1v) is 8.44. The number of para-hydroxylation sites is 1. The highest BCUT2D eigenvalue weighted by Gasteiger charge is 2.22. The Balaban J connectivity index is 1.73. The highest BCUT2D eigenvalue weighted by atomic mass is 15.1. The largest absolute Gasteiger partial charge is 0.371 e. The van der Waals surface area contributed by atoms with Gasteiger partial charge in [-0.3, -0.25) is 0 Å². The number of anilines is 1. The molecule has 1 aromatic carbocycles.